The predicted octanol–water partition coefficient (Wildman–Crippen LogP) is 1.98. The highest BCUT2D eigenvalue weighted by Crippen LogP contribution is 2.32. The van der Waals surface area contributed by atoms with Crippen molar-refractivity contribution < 1.29 is 35.9 Å². The second-order valence-corrected chi connectivity index (χ2v) is 7.30. The molecule has 0 saturated carbocycles. The second-order valence-electron chi connectivity index (χ2n) is 7.30. The van der Waals surface area contributed by atoms with Crippen molar-refractivity contribution in [3.8, 4) is 0 Å². The maximum atomic E-state index is 13.8. The van der Waals surface area contributed by atoms with Gasteiger partial charge in [-0.05, 0) is 18.1 Å². The third-order valence-electron chi connectivity index (χ3n) is 5.06. The molecule has 0 saturated heterocycles. The first-order valence-electron chi connectivity index (χ1n) is 9.47. The largest absolute Gasteiger partial charge is 0.449 e. The molecule has 1 unspecified atom stereocenters. The Hall–Kier alpha value is -3.09. The number of amides is 2. The van der Waals surface area contributed by atoms with Gasteiger partial charge in [0.15, 0.2) is 17.3 Å². The highest BCUT2D eigenvalue weighted by atomic mass is 19.4. The molecule has 1 aliphatic rings. The first-order valence-corrected chi connectivity index (χ1v) is 9.47. The van der Waals surface area contributed by atoms with E-state index in [4.69, 9.17) is 5.73 Å². The van der Waals surface area contributed by atoms with Crippen molar-refractivity contribution >= 4 is 11.8 Å². The number of imidazole rings is 1. The average Bonchev–Trinajstić information content (AvgIpc) is 3.10. The summed E-state index contributed by atoms with van der Waals surface area (Å²) in [7, 11) is 1.24. The Morgan fingerprint density at radius 3 is 2.44 bits per heavy atom. The van der Waals surface area contributed by atoms with E-state index in [1.165, 1.54) is 11.9 Å². The number of benzene rings is 1. The van der Waals surface area contributed by atoms with Crippen molar-refractivity contribution in [2.24, 2.45) is 5.73 Å². The standard InChI is InChI=1S/C19H19F6N5O2/c1-27-17(32)16-14-8-29(2-3-30(14)18(28-16)19(23,24)25)15(31)6-10(26)4-9-5-12(21)13(22)7-11(9)20/h5,7,10H,2-4,6,8,26H2,1H3,(H,27,32). The van der Waals surface area contributed by atoms with Gasteiger partial charge in [0.2, 0.25) is 11.7 Å². The molecule has 32 heavy (non-hydrogen) atoms. The molecule has 0 radical (unpaired) electrons. The molecule has 0 spiro atoms. The lowest BCUT2D eigenvalue weighted by Gasteiger charge is -2.30. The zero-order valence-corrected chi connectivity index (χ0v) is 16.8. The number of aromatic nitrogens is 2. The van der Waals surface area contributed by atoms with Gasteiger partial charge in [-0.15, -0.1) is 0 Å². The first-order chi connectivity index (χ1) is 14.9. The number of hydrogen-bond acceptors (Lipinski definition) is 4. The summed E-state index contributed by atoms with van der Waals surface area (Å²) >= 11 is 0. The molecule has 7 nitrogen and oxygen atoms in total. The number of nitrogens with one attached hydrogen (secondary N) is 1. The number of carbonyl (C=O) groups is 2. The van der Waals surface area contributed by atoms with Gasteiger partial charge < -0.3 is 20.5 Å². The lowest BCUT2D eigenvalue weighted by atomic mass is 10.0. The lowest BCUT2D eigenvalue weighted by molar-refractivity contribution is -0.148. The van der Waals surface area contributed by atoms with Crippen LogP contribution >= 0.6 is 0 Å². The Morgan fingerprint density at radius 1 is 1.16 bits per heavy atom. The van der Waals surface area contributed by atoms with Gasteiger partial charge >= 0.3 is 6.18 Å². The van der Waals surface area contributed by atoms with Crippen LogP contribution in [0.15, 0.2) is 12.1 Å². The van der Waals surface area contributed by atoms with Gasteiger partial charge in [0.25, 0.3) is 5.91 Å². The number of alkyl halides is 3. The maximum absolute atomic E-state index is 13.8. The molecule has 1 aromatic heterocycles. The van der Waals surface area contributed by atoms with E-state index >= 15 is 0 Å². The third kappa shape index (κ3) is 4.71. The minimum Gasteiger partial charge on any atom is -0.354 e. The smallest absolute Gasteiger partial charge is 0.354 e. The van der Waals surface area contributed by atoms with Crippen LogP contribution < -0.4 is 11.1 Å². The van der Waals surface area contributed by atoms with Crippen molar-refractivity contribution in [3.05, 3.63) is 52.4 Å². The molecule has 1 aliphatic heterocycles. The number of fused-ring (bicyclic) bond motifs is 1. The van der Waals surface area contributed by atoms with Gasteiger partial charge in [0, 0.05) is 38.7 Å². The van der Waals surface area contributed by atoms with Crippen molar-refractivity contribution in [1.29, 1.82) is 0 Å². The summed E-state index contributed by atoms with van der Waals surface area (Å²) in [6.45, 7) is -0.644. The number of nitrogens with two attached hydrogens (primary N) is 1. The summed E-state index contributed by atoms with van der Waals surface area (Å²) in [6.07, 6.45) is -5.37. The van der Waals surface area contributed by atoms with E-state index in [1.54, 1.807) is 0 Å². The Labute approximate surface area is 178 Å². The van der Waals surface area contributed by atoms with E-state index in [2.05, 4.69) is 10.3 Å². The minimum absolute atomic E-state index is 0.0727. The topological polar surface area (TPSA) is 93.2 Å². The van der Waals surface area contributed by atoms with Gasteiger partial charge in [-0.25, -0.2) is 18.2 Å². The first kappa shape index (κ1) is 23.6. The van der Waals surface area contributed by atoms with Crippen LogP contribution in [0.25, 0.3) is 0 Å². The molecule has 13 heteroatoms. The van der Waals surface area contributed by atoms with Gasteiger partial charge in [0.05, 0.1) is 12.2 Å². The maximum Gasteiger partial charge on any atom is 0.449 e. The molecule has 0 bridgehead atoms. The number of rotatable bonds is 5. The van der Waals surface area contributed by atoms with Crippen LogP contribution in [0.5, 0.6) is 0 Å². The Balaban J connectivity index is 1.75. The Kier molecular flexibility index (Phi) is 6.49. The Morgan fingerprint density at radius 2 is 1.81 bits per heavy atom. The second kappa shape index (κ2) is 8.81. The molecule has 1 aromatic carbocycles. The van der Waals surface area contributed by atoms with Crippen LogP contribution in [-0.4, -0.2) is 45.9 Å². The fraction of sp³-hybridized carbons (Fsp3) is 0.421. The molecule has 2 amide bonds. The molecular formula is C19H19F6N5O2. The van der Waals surface area contributed by atoms with E-state index in [0.717, 1.165) is 4.57 Å². The summed E-state index contributed by atoms with van der Waals surface area (Å²) < 4.78 is 80.9. The molecule has 2 aromatic rings. The van der Waals surface area contributed by atoms with Crippen LogP contribution in [0.2, 0.25) is 0 Å². The summed E-state index contributed by atoms with van der Waals surface area (Å²) in [5, 5.41) is 2.22. The molecule has 3 N–H and O–H groups in total. The molecule has 3 rings (SSSR count). The average molecular weight is 463 g/mol. The number of nitrogens with zero attached hydrogens (tertiary/aromatic N) is 3. The van der Waals surface area contributed by atoms with Gasteiger partial charge in [-0.1, -0.05) is 0 Å². The van der Waals surface area contributed by atoms with Crippen LogP contribution in [0.1, 0.15) is 34.0 Å². The molecule has 2 heterocycles. The fourth-order valence-corrected chi connectivity index (χ4v) is 3.53. The SMILES string of the molecule is CNC(=O)c1nc(C(F)(F)F)n2c1CN(C(=O)CC(N)Cc1cc(F)c(F)cc1F)CC2. The normalized spacial score (nSPS) is 14.8. The van der Waals surface area contributed by atoms with E-state index in [1.807, 2.05) is 0 Å². The van der Waals surface area contributed by atoms with Crippen LogP contribution in [0, 0.1) is 17.5 Å². The number of hydrogen-bond donors (Lipinski definition) is 2. The van der Waals surface area contributed by atoms with Crippen molar-refractivity contribution in [3.63, 3.8) is 0 Å². The minimum atomic E-state index is -4.79. The fourth-order valence-electron chi connectivity index (χ4n) is 3.53. The van der Waals surface area contributed by atoms with Crippen LogP contribution in [-0.2, 0) is 30.5 Å². The van der Waals surface area contributed by atoms with Gasteiger partial charge in [0.1, 0.15) is 5.82 Å². The van der Waals surface area contributed by atoms with Gasteiger partial charge in [-0.3, -0.25) is 9.59 Å². The van der Waals surface area contributed by atoms with Crippen molar-refractivity contribution in [2.75, 3.05) is 13.6 Å². The summed E-state index contributed by atoms with van der Waals surface area (Å²) in [4.78, 5) is 29.3. The monoisotopic (exact) mass is 463 g/mol. The number of halogens is 6. The van der Waals surface area contributed by atoms with Crippen LogP contribution in [0.4, 0.5) is 26.3 Å². The Bertz CT molecular complexity index is 1050. The zero-order chi connectivity index (χ0) is 23.8. The van der Waals surface area contributed by atoms with Gasteiger partial charge in [-0.2, -0.15) is 13.2 Å². The quantitative estimate of drug-likeness (QED) is 0.524. The number of carbonyl (C=O) groups excluding carboxylic acids is 2. The highest BCUT2D eigenvalue weighted by molar-refractivity contribution is 5.93. The van der Waals surface area contributed by atoms with E-state index < -0.39 is 53.0 Å². The summed E-state index contributed by atoms with van der Waals surface area (Å²) in [5.41, 5.74) is 5.14. The molecular weight excluding hydrogens is 444 g/mol. The summed E-state index contributed by atoms with van der Waals surface area (Å²) in [6, 6.07) is 0.0737. The molecule has 0 fully saturated rings. The third-order valence-corrected chi connectivity index (χ3v) is 5.06. The predicted molar refractivity (Wildman–Crippen MR) is 98.6 cm³/mol. The molecule has 174 valence electrons. The molecule has 1 atom stereocenters. The lowest BCUT2D eigenvalue weighted by Crippen LogP contribution is -2.42. The van der Waals surface area contributed by atoms with Crippen molar-refractivity contribution in [1.82, 2.24) is 19.8 Å². The molecule has 0 aliphatic carbocycles. The van der Waals surface area contributed by atoms with E-state index in [-0.39, 0.29) is 43.7 Å². The van der Waals surface area contributed by atoms with Crippen molar-refractivity contribution in [2.45, 2.75) is 38.1 Å². The zero-order valence-electron chi connectivity index (χ0n) is 16.8. The van der Waals surface area contributed by atoms with Crippen LogP contribution in [0.3, 0.4) is 0 Å². The van der Waals surface area contributed by atoms with E-state index in [9.17, 15) is 35.9 Å². The highest BCUT2D eigenvalue weighted by Gasteiger charge is 2.41. The van der Waals surface area contributed by atoms with E-state index in [0.29, 0.717) is 12.1 Å². The summed E-state index contributed by atoms with van der Waals surface area (Å²) in [5.74, 6) is -6.24.